The number of benzene rings is 2. The average molecular weight is 472 g/mol. The molecule has 9 nitrogen and oxygen atoms in total. The van der Waals surface area contributed by atoms with E-state index in [1.54, 1.807) is 49.4 Å². The minimum absolute atomic E-state index is 0.102. The summed E-state index contributed by atoms with van der Waals surface area (Å²) in [5.41, 5.74) is 2.74. The molecule has 0 saturated carbocycles. The Kier molecular flexibility index (Phi) is 7.68. The second-order valence-electron chi connectivity index (χ2n) is 7.22. The minimum atomic E-state index is -1.13. The Bertz CT molecular complexity index is 1150. The van der Waals surface area contributed by atoms with Crippen LogP contribution in [0.2, 0.25) is 5.02 Å². The van der Waals surface area contributed by atoms with Gasteiger partial charge in [0.05, 0.1) is 6.54 Å². The summed E-state index contributed by atoms with van der Waals surface area (Å²) in [7, 11) is 0. The predicted octanol–water partition coefficient (Wildman–Crippen LogP) is 4.19. The van der Waals surface area contributed by atoms with Crippen LogP contribution in [0.4, 0.5) is 4.79 Å². The molecule has 2 amide bonds. The van der Waals surface area contributed by atoms with Crippen molar-refractivity contribution in [2.75, 3.05) is 0 Å². The summed E-state index contributed by atoms with van der Waals surface area (Å²) < 4.78 is 10.4. The van der Waals surface area contributed by atoms with Crippen molar-refractivity contribution in [3.05, 3.63) is 76.5 Å². The molecule has 3 N–H and O–H groups in total. The van der Waals surface area contributed by atoms with E-state index >= 15 is 0 Å². The van der Waals surface area contributed by atoms with Gasteiger partial charge in [0.15, 0.2) is 0 Å². The van der Waals surface area contributed by atoms with Crippen molar-refractivity contribution in [1.29, 1.82) is 0 Å². The molecule has 0 aliphatic rings. The lowest BCUT2D eigenvalue weighted by Crippen LogP contribution is -2.38. The van der Waals surface area contributed by atoms with E-state index in [9.17, 15) is 14.4 Å². The van der Waals surface area contributed by atoms with Crippen LogP contribution >= 0.6 is 11.6 Å². The van der Waals surface area contributed by atoms with Gasteiger partial charge in [-0.15, -0.1) is 0 Å². The number of hydrogen-bond donors (Lipinski definition) is 3. The molecule has 0 fully saturated rings. The molecular weight excluding hydrogens is 450 g/mol. The molecule has 0 spiro atoms. The first-order valence-corrected chi connectivity index (χ1v) is 10.4. The highest BCUT2D eigenvalue weighted by Gasteiger charge is 2.18. The zero-order valence-corrected chi connectivity index (χ0v) is 18.6. The summed E-state index contributed by atoms with van der Waals surface area (Å²) in [6, 6.07) is 12.5. The molecule has 0 saturated heterocycles. The number of rotatable bonds is 8. The second kappa shape index (κ2) is 10.6. The van der Waals surface area contributed by atoms with E-state index in [2.05, 4.69) is 15.8 Å². The van der Waals surface area contributed by atoms with Crippen molar-refractivity contribution in [1.82, 2.24) is 15.8 Å². The first-order valence-electron chi connectivity index (χ1n) is 10.0. The third kappa shape index (κ3) is 6.11. The molecule has 1 heterocycles. The maximum absolute atomic E-state index is 12.2. The lowest BCUT2D eigenvalue weighted by Gasteiger charge is -2.15. The number of amides is 2. The molecular formula is C23H22ClN3O6. The number of hydrogen-bond acceptors (Lipinski definition) is 6. The van der Waals surface area contributed by atoms with E-state index in [4.69, 9.17) is 26.0 Å². The topological polar surface area (TPSA) is 131 Å². The Morgan fingerprint density at radius 1 is 1.12 bits per heavy atom. The van der Waals surface area contributed by atoms with Gasteiger partial charge in [-0.1, -0.05) is 47.1 Å². The van der Waals surface area contributed by atoms with Crippen LogP contribution in [0.1, 0.15) is 41.4 Å². The normalized spacial score (nSPS) is 12.5. The van der Waals surface area contributed by atoms with Crippen LogP contribution in [0, 0.1) is 0 Å². The second-order valence-corrected chi connectivity index (χ2v) is 7.63. The number of carbonyl (C=O) groups excluding carboxylic acids is 2. The fourth-order valence-electron chi connectivity index (χ4n) is 2.98. The number of aliphatic carboxylic acids is 1. The third-order valence-electron chi connectivity index (χ3n) is 4.83. The Balaban J connectivity index is 1.60. The molecule has 1 aromatic heterocycles. The molecule has 0 bridgehead atoms. The van der Waals surface area contributed by atoms with Crippen LogP contribution in [0.3, 0.4) is 0 Å². The summed E-state index contributed by atoms with van der Waals surface area (Å²) >= 11 is 6.14. The smallest absolute Gasteiger partial charge is 0.408 e. The third-order valence-corrected chi connectivity index (χ3v) is 5.18. The van der Waals surface area contributed by atoms with Crippen LogP contribution in [0.15, 0.2) is 59.3 Å². The monoisotopic (exact) mass is 471 g/mol. The fourth-order valence-corrected chi connectivity index (χ4v) is 3.27. The number of carboxylic acid groups (broad SMARTS) is 1. The van der Waals surface area contributed by atoms with Crippen LogP contribution in [0.5, 0.6) is 0 Å². The number of ether oxygens (including phenoxy) is 1. The molecule has 0 aliphatic heterocycles. The summed E-state index contributed by atoms with van der Waals surface area (Å²) in [6.07, 6.45) is 0.236. The first kappa shape index (κ1) is 23.8. The maximum atomic E-state index is 12.2. The first-order chi connectivity index (χ1) is 15.8. The average Bonchev–Trinajstić information content (AvgIpc) is 3.26. The van der Waals surface area contributed by atoms with E-state index in [1.165, 1.54) is 13.2 Å². The van der Waals surface area contributed by atoms with E-state index in [0.717, 1.165) is 0 Å². The number of alkyl carbamates (subject to hydrolysis) is 1. The van der Waals surface area contributed by atoms with Crippen molar-refractivity contribution in [3.63, 3.8) is 0 Å². The van der Waals surface area contributed by atoms with Gasteiger partial charge >= 0.3 is 12.1 Å². The van der Waals surface area contributed by atoms with E-state index in [-0.39, 0.29) is 6.54 Å². The number of carbonyl (C=O) groups is 3. The maximum Gasteiger partial charge on any atom is 0.408 e. The minimum Gasteiger partial charge on any atom is -0.480 e. The molecule has 3 aromatic rings. The molecule has 33 heavy (non-hydrogen) atoms. The van der Waals surface area contributed by atoms with Gasteiger partial charge in [0, 0.05) is 27.3 Å². The van der Waals surface area contributed by atoms with Crippen molar-refractivity contribution in [3.8, 4) is 11.3 Å². The standard InChI is InChI=1S/C23H22ClN3O6/c1-13(22(29)30)26-21(28)16-9-7-15(8-10-16)20-17(12-32-27-20)11-25-23(31)33-14(2)18-5-3-4-6-19(18)24/h3-10,12-14H,11H2,1-2H3,(H,25,31)(H,26,28)(H,29,30). The van der Waals surface area contributed by atoms with Gasteiger partial charge in [-0.05, 0) is 32.0 Å². The largest absolute Gasteiger partial charge is 0.480 e. The van der Waals surface area contributed by atoms with Crippen molar-refractivity contribution >= 4 is 29.6 Å². The lowest BCUT2D eigenvalue weighted by atomic mass is 10.1. The van der Waals surface area contributed by atoms with Gasteiger partial charge < -0.3 is 25.0 Å². The van der Waals surface area contributed by atoms with Crippen molar-refractivity contribution in [2.24, 2.45) is 0 Å². The molecule has 172 valence electrons. The van der Waals surface area contributed by atoms with Crippen molar-refractivity contribution in [2.45, 2.75) is 32.5 Å². The van der Waals surface area contributed by atoms with Crippen LogP contribution in [0.25, 0.3) is 11.3 Å². The number of aromatic nitrogens is 1. The van der Waals surface area contributed by atoms with Gasteiger partial charge in [-0.2, -0.15) is 0 Å². The van der Waals surface area contributed by atoms with Crippen LogP contribution in [-0.4, -0.2) is 34.3 Å². The summed E-state index contributed by atoms with van der Waals surface area (Å²) in [5, 5.41) is 18.4. The number of carboxylic acids is 1. The zero-order valence-electron chi connectivity index (χ0n) is 17.9. The Morgan fingerprint density at radius 2 is 1.82 bits per heavy atom. The summed E-state index contributed by atoms with van der Waals surface area (Å²) in [4.78, 5) is 35.2. The lowest BCUT2D eigenvalue weighted by molar-refractivity contribution is -0.138. The van der Waals surface area contributed by atoms with Crippen molar-refractivity contribution < 1.29 is 28.8 Å². The van der Waals surface area contributed by atoms with E-state index in [1.807, 2.05) is 6.07 Å². The van der Waals surface area contributed by atoms with Gasteiger partial charge in [0.25, 0.3) is 5.91 Å². The molecule has 2 atom stereocenters. The van der Waals surface area contributed by atoms with Crippen LogP contribution < -0.4 is 10.6 Å². The molecule has 10 heteroatoms. The Hall–Kier alpha value is -3.85. The Morgan fingerprint density at radius 3 is 2.48 bits per heavy atom. The highest BCUT2D eigenvalue weighted by molar-refractivity contribution is 6.31. The van der Waals surface area contributed by atoms with Gasteiger partial charge in [-0.3, -0.25) is 9.59 Å². The summed E-state index contributed by atoms with van der Waals surface area (Å²) in [5.74, 6) is -1.63. The fraction of sp³-hybridized carbons (Fsp3) is 0.217. The highest BCUT2D eigenvalue weighted by Crippen LogP contribution is 2.25. The zero-order chi connectivity index (χ0) is 24.0. The Labute approximate surface area is 194 Å². The van der Waals surface area contributed by atoms with Gasteiger partial charge in [0.1, 0.15) is 24.1 Å². The van der Waals surface area contributed by atoms with E-state index < -0.39 is 30.1 Å². The molecule has 0 radical (unpaired) electrons. The van der Waals surface area contributed by atoms with Gasteiger partial charge in [0.2, 0.25) is 0 Å². The van der Waals surface area contributed by atoms with E-state index in [0.29, 0.717) is 33.0 Å². The number of nitrogens with zero attached hydrogens (tertiary/aromatic N) is 1. The number of halogens is 1. The highest BCUT2D eigenvalue weighted by atomic mass is 35.5. The quantitative estimate of drug-likeness (QED) is 0.449. The number of nitrogens with one attached hydrogen (secondary N) is 2. The molecule has 3 rings (SSSR count). The summed E-state index contributed by atoms with van der Waals surface area (Å²) in [6.45, 7) is 3.20. The molecule has 0 aliphatic carbocycles. The van der Waals surface area contributed by atoms with Gasteiger partial charge in [-0.25, -0.2) is 4.79 Å². The van der Waals surface area contributed by atoms with Crippen LogP contribution in [-0.2, 0) is 16.1 Å². The predicted molar refractivity (Wildman–Crippen MR) is 120 cm³/mol. The molecule has 2 aromatic carbocycles. The molecule has 2 unspecified atom stereocenters. The SMILES string of the molecule is CC(NC(=O)c1ccc(-c2nocc2CNC(=O)OC(C)c2ccccc2Cl)cc1)C(=O)O.